The van der Waals surface area contributed by atoms with Crippen molar-refractivity contribution in [3.63, 3.8) is 0 Å². The predicted octanol–water partition coefficient (Wildman–Crippen LogP) is 1.19. The number of anilines is 2. The highest BCUT2D eigenvalue weighted by Gasteiger charge is 2.29. The van der Waals surface area contributed by atoms with Crippen LogP contribution in [0.1, 0.15) is 25.6 Å². The molecule has 0 saturated heterocycles. The number of aromatic nitrogens is 2. The number of nitrogen functional groups attached to an aromatic ring is 1. The van der Waals surface area contributed by atoms with E-state index in [9.17, 15) is 0 Å². The Balaban J connectivity index is 2.24. The molecule has 0 radical (unpaired) electrons. The smallest absolute Gasteiger partial charge is 0.158 e. The predicted molar refractivity (Wildman–Crippen MR) is 63.2 cm³/mol. The van der Waals surface area contributed by atoms with Gasteiger partial charge in [-0.15, -0.1) is 0 Å². The first kappa shape index (κ1) is 11.1. The zero-order chi connectivity index (χ0) is 11.5. The van der Waals surface area contributed by atoms with Gasteiger partial charge in [0.15, 0.2) is 5.82 Å². The van der Waals surface area contributed by atoms with Crippen LogP contribution >= 0.6 is 0 Å². The van der Waals surface area contributed by atoms with Crippen molar-refractivity contribution in [3.05, 3.63) is 11.9 Å². The lowest BCUT2D eigenvalue weighted by Gasteiger charge is -2.22. The van der Waals surface area contributed by atoms with Crippen LogP contribution in [0.3, 0.4) is 0 Å². The van der Waals surface area contributed by atoms with Crippen LogP contribution in [0.25, 0.3) is 0 Å². The van der Waals surface area contributed by atoms with E-state index >= 15 is 0 Å². The highest BCUT2D eigenvalue weighted by Crippen LogP contribution is 2.30. The standard InChI is InChI=1S/C11H18N4O/c1-3-15(8-4-5-8)11-6-9(12)13-10(14-11)7-16-2/h6,8H,3-5,7H2,1-2H3,(H2,12,13,14). The number of methoxy groups -OCH3 is 1. The van der Waals surface area contributed by atoms with Crippen LogP contribution in [0.4, 0.5) is 11.6 Å². The van der Waals surface area contributed by atoms with Gasteiger partial charge in [0.05, 0.1) is 0 Å². The summed E-state index contributed by atoms with van der Waals surface area (Å²) in [6, 6.07) is 2.47. The Kier molecular flexibility index (Phi) is 3.24. The van der Waals surface area contributed by atoms with Crippen LogP contribution in [0.5, 0.6) is 0 Å². The molecule has 1 saturated carbocycles. The second kappa shape index (κ2) is 4.65. The van der Waals surface area contributed by atoms with Gasteiger partial charge in [-0.25, -0.2) is 9.97 Å². The second-order valence-corrected chi connectivity index (χ2v) is 4.02. The third-order valence-corrected chi connectivity index (χ3v) is 2.67. The molecule has 1 aromatic rings. The van der Waals surface area contributed by atoms with E-state index in [-0.39, 0.29) is 0 Å². The molecule has 16 heavy (non-hydrogen) atoms. The van der Waals surface area contributed by atoms with Gasteiger partial charge in [-0.2, -0.15) is 0 Å². The highest BCUT2D eigenvalue weighted by molar-refractivity contribution is 5.48. The van der Waals surface area contributed by atoms with Crippen molar-refractivity contribution in [1.29, 1.82) is 0 Å². The number of hydrogen-bond donors (Lipinski definition) is 1. The van der Waals surface area contributed by atoms with E-state index in [2.05, 4.69) is 21.8 Å². The molecule has 1 aromatic heterocycles. The third kappa shape index (κ3) is 2.41. The summed E-state index contributed by atoms with van der Waals surface area (Å²) in [6.07, 6.45) is 2.49. The van der Waals surface area contributed by atoms with Gasteiger partial charge < -0.3 is 15.4 Å². The largest absolute Gasteiger partial charge is 0.384 e. The van der Waals surface area contributed by atoms with Crippen molar-refractivity contribution in [2.24, 2.45) is 0 Å². The molecule has 0 spiro atoms. The van der Waals surface area contributed by atoms with Crippen LogP contribution in [0, 0.1) is 0 Å². The van der Waals surface area contributed by atoms with Crippen LogP contribution in [-0.4, -0.2) is 29.7 Å². The Morgan fingerprint density at radius 2 is 2.25 bits per heavy atom. The summed E-state index contributed by atoms with van der Waals surface area (Å²) < 4.78 is 5.03. The zero-order valence-corrected chi connectivity index (χ0v) is 9.81. The van der Waals surface area contributed by atoms with Gasteiger partial charge in [-0.05, 0) is 19.8 Å². The minimum Gasteiger partial charge on any atom is -0.384 e. The summed E-state index contributed by atoms with van der Waals surface area (Å²) in [5, 5.41) is 0. The maximum absolute atomic E-state index is 5.77. The summed E-state index contributed by atoms with van der Waals surface area (Å²) >= 11 is 0. The molecule has 0 bridgehead atoms. The quantitative estimate of drug-likeness (QED) is 0.810. The topological polar surface area (TPSA) is 64.3 Å². The van der Waals surface area contributed by atoms with Crippen LogP contribution < -0.4 is 10.6 Å². The molecule has 1 aliphatic carbocycles. The number of hydrogen-bond acceptors (Lipinski definition) is 5. The van der Waals surface area contributed by atoms with Crippen molar-refractivity contribution in [3.8, 4) is 0 Å². The molecule has 5 heteroatoms. The second-order valence-electron chi connectivity index (χ2n) is 4.02. The van der Waals surface area contributed by atoms with Crippen molar-refractivity contribution in [1.82, 2.24) is 9.97 Å². The molecular formula is C11H18N4O. The normalized spacial score (nSPS) is 15.1. The summed E-state index contributed by atoms with van der Waals surface area (Å²) in [5.74, 6) is 2.08. The first-order valence-corrected chi connectivity index (χ1v) is 5.63. The number of rotatable bonds is 5. The third-order valence-electron chi connectivity index (χ3n) is 2.67. The molecule has 0 atom stereocenters. The molecule has 0 aliphatic heterocycles. The monoisotopic (exact) mass is 222 g/mol. The van der Waals surface area contributed by atoms with Crippen molar-refractivity contribution < 1.29 is 4.74 Å². The maximum atomic E-state index is 5.77. The zero-order valence-electron chi connectivity index (χ0n) is 9.81. The van der Waals surface area contributed by atoms with Crippen LogP contribution in [0.2, 0.25) is 0 Å². The van der Waals surface area contributed by atoms with Gasteiger partial charge in [0, 0.05) is 25.8 Å². The average molecular weight is 222 g/mol. The highest BCUT2D eigenvalue weighted by atomic mass is 16.5. The summed E-state index contributed by atoms with van der Waals surface area (Å²) in [7, 11) is 1.63. The summed E-state index contributed by atoms with van der Waals surface area (Å²) in [5.41, 5.74) is 5.77. The lowest BCUT2D eigenvalue weighted by molar-refractivity contribution is 0.178. The van der Waals surface area contributed by atoms with Crippen LogP contribution in [-0.2, 0) is 11.3 Å². The first-order chi connectivity index (χ1) is 7.74. The molecule has 0 aromatic carbocycles. The maximum Gasteiger partial charge on any atom is 0.158 e. The SMILES string of the molecule is CCN(c1cc(N)nc(COC)n1)C1CC1. The van der Waals surface area contributed by atoms with E-state index in [4.69, 9.17) is 10.5 Å². The first-order valence-electron chi connectivity index (χ1n) is 5.63. The van der Waals surface area contributed by atoms with E-state index in [1.54, 1.807) is 7.11 Å². The molecule has 1 heterocycles. The lowest BCUT2D eigenvalue weighted by Crippen LogP contribution is -2.26. The van der Waals surface area contributed by atoms with Gasteiger partial charge in [0.25, 0.3) is 0 Å². The molecule has 2 rings (SSSR count). The Hall–Kier alpha value is -1.36. The van der Waals surface area contributed by atoms with E-state index in [0.29, 0.717) is 24.3 Å². The van der Waals surface area contributed by atoms with Gasteiger partial charge in [0.2, 0.25) is 0 Å². The lowest BCUT2D eigenvalue weighted by atomic mass is 10.4. The molecular weight excluding hydrogens is 204 g/mol. The van der Waals surface area contributed by atoms with Crippen molar-refractivity contribution in [2.45, 2.75) is 32.4 Å². The van der Waals surface area contributed by atoms with Gasteiger partial charge >= 0.3 is 0 Å². The van der Waals surface area contributed by atoms with Gasteiger partial charge in [-0.3, -0.25) is 0 Å². The molecule has 88 valence electrons. The minimum atomic E-state index is 0.403. The fourth-order valence-corrected chi connectivity index (χ4v) is 1.84. The molecule has 1 aliphatic rings. The molecule has 2 N–H and O–H groups in total. The average Bonchev–Trinajstić information content (AvgIpc) is 3.03. The van der Waals surface area contributed by atoms with Crippen molar-refractivity contribution >= 4 is 11.6 Å². The van der Waals surface area contributed by atoms with E-state index in [1.807, 2.05) is 6.07 Å². The fraction of sp³-hybridized carbons (Fsp3) is 0.636. The Labute approximate surface area is 95.6 Å². The van der Waals surface area contributed by atoms with Gasteiger partial charge in [-0.1, -0.05) is 0 Å². The number of ether oxygens (including phenoxy) is 1. The summed E-state index contributed by atoms with van der Waals surface area (Å²) in [4.78, 5) is 10.9. The number of nitrogens with zero attached hydrogens (tertiary/aromatic N) is 3. The Morgan fingerprint density at radius 1 is 1.50 bits per heavy atom. The molecule has 1 fully saturated rings. The number of nitrogens with two attached hydrogens (primary N) is 1. The summed E-state index contributed by atoms with van der Waals surface area (Å²) in [6.45, 7) is 3.49. The van der Waals surface area contributed by atoms with Gasteiger partial charge in [0.1, 0.15) is 18.2 Å². The van der Waals surface area contributed by atoms with E-state index < -0.39 is 0 Å². The fourth-order valence-electron chi connectivity index (χ4n) is 1.84. The van der Waals surface area contributed by atoms with E-state index in [1.165, 1.54) is 12.8 Å². The Morgan fingerprint density at radius 3 is 2.81 bits per heavy atom. The van der Waals surface area contributed by atoms with Crippen LogP contribution in [0.15, 0.2) is 6.07 Å². The van der Waals surface area contributed by atoms with Crippen molar-refractivity contribution in [2.75, 3.05) is 24.3 Å². The molecule has 0 unspecified atom stereocenters. The molecule has 5 nitrogen and oxygen atoms in total. The Bertz CT molecular complexity index is 365. The van der Waals surface area contributed by atoms with E-state index in [0.717, 1.165) is 12.4 Å². The molecule has 0 amide bonds. The minimum absolute atomic E-state index is 0.403.